The van der Waals surface area contributed by atoms with Gasteiger partial charge in [-0.15, -0.1) is 11.3 Å². The van der Waals surface area contributed by atoms with E-state index in [4.69, 9.17) is 9.84 Å². The van der Waals surface area contributed by atoms with Crippen molar-refractivity contribution in [1.29, 1.82) is 0 Å². The molecule has 7 heteroatoms. The van der Waals surface area contributed by atoms with Crippen molar-refractivity contribution in [3.8, 4) is 0 Å². The van der Waals surface area contributed by atoms with Gasteiger partial charge in [-0.3, -0.25) is 4.68 Å². The summed E-state index contributed by atoms with van der Waals surface area (Å²) in [7, 11) is 0. The largest absolute Gasteiger partial charge is 0.478 e. The number of aromatic carboxylic acids is 1. The topological polar surface area (TPSA) is 76.4 Å². The predicted octanol–water partition coefficient (Wildman–Crippen LogP) is 2.43. The standard InChI is InChI=1S/C14H17N3O3S/c18-14(19)10-4-13(21-9-10)6-15-11-5-16-17(7-11)8-12-2-1-3-20-12/h4-5,7,9,12,15H,1-3,6,8H2,(H,18,19). The first kappa shape index (κ1) is 14.1. The Morgan fingerprint density at radius 3 is 3.24 bits per heavy atom. The summed E-state index contributed by atoms with van der Waals surface area (Å²) in [4.78, 5) is 11.8. The molecule has 1 fully saturated rings. The monoisotopic (exact) mass is 307 g/mol. The second-order valence-corrected chi connectivity index (χ2v) is 6.04. The lowest BCUT2D eigenvalue weighted by molar-refractivity contribution is 0.0697. The van der Waals surface area contributed by atoms with Crippen LogP contribution in [0.1, 0.15) is 28.1 Å². The summed E-state index contributed by atoms with van der Waals surface area (Å²) >= 11 is 1.44. The number of carboxylic acids is 1. The highest BCUT2D eigenvalue weighted by atomic mass is 32.1. The molecular formula is C14H17N3O3S. The number of nitrogens with one attached hydrogen (secondary N) is 1. The van der Waals surface area contributed by atoms with Gasteiger partial charge in [0.1, 0.15) is 0 Å². The lowest BCUT2D eigenvalue weighted by Gasteiger charge is -2.08. The van der Waals surface area contributed by atoms with E-state index in [2.05, 4.69) is 10.4 Å². The fraction of sp³-hybridized carbons (Fsp3) is 0.429. The van der Waals surface area contributed by atoms with Crippen molar-refractivity contribution in [2.24, 2.45) is 0 Å². The Bertz CT molecular complexity index is 617. The van der Waals surface area contributed by atoms with Crippen molar-refractivity contribution < 1.29 is 14.6 Å². The minimum Gasteiger partial charge on any atom is -0.478 e. The van der Waals surface area contributed by atoms with Gasteiger partial charge in [0, 0.05) is 29.6 Å². The molecule has 1 aliphatic heterocycles. The number of rotatable bonds is 6. The van der Waals surface area contributed by atoms with Crippen molar-refractivity contribution in [1.82, 2.24) is 9.78 Å². The van der Waals surface area contributed by atoms with E-state index in [0.29, 0.717) is 12.1 Å². The van der Waals surface area contributed by atoms with Crippen LogP contribution in [0.25, 0.3) is 0 Å². The molecule has 21 heavy (non-hydrogen) atoms. The summed E-state index contributed by atoms with van der Waals surface area (Å²) in [5.41, 5.74) is 1.27. The quantitative estimate of drug-likeness (QED) is 0.857. The third-order valence-electron chi connectivity index (χ3n) is 3.42. The minimum atomic E-state index is -0.887. The molecule has 2 N–H and O–H groups in total. The number of nitrogens with zero attached hydrogens (tertiary/aromatic N) is 2. The molecule has 1 saturated heterocycles. The van der Waals surface area contributed by atoms with Crippen molar-refractivity contribution in [2.45, 2.75) is 32.0 Å². The maximum Gasteiger partial charge on any atom is 0.336 e. The van der Waals surface area contributed by atoms with Gasteiger partial charge in [0.05, 0.1) is 30.1 Å². The molecule has 0 radical (unpaired) electrons. The zero-order chi connectivity index (χ0) is 14.7. The van der Waals surface area contributed by atoms with Gasteiger partial charge >= 0.3 is 5.97 Å². The Kier molecular flexibility index (Phi) is 4.21. The van der Waals surface area contributed by atoms with Crippen molar-refractivity contribution in [3.05, 3.63) is 34.3 Å². The molecule has 0 bridgehead atoms. The van der Waals surface area contributed by atoms with Crippen molar-refractivity contribution in [2.75, 3.05) is 11.9 Å². The SMILES string of the molecule is O=C(O)c1csc(CNc2cnn(CC3CCCO3)c2)c1. The van der Waals surface area contributed by atoms with Crippen LogP contribution in [-0.4, -0.2) is 33.6 Å². The Hall–Kier alpha value is -1.86. The van der Waals surface area contributed by atoms with Gasteiger partial charge in [0.15, 0.2) is 0 Å². The van der Waals surface area contributed by atoms with Gasteiger partial charge < -0.3 is 15.2 Å². The molecule has 0 saturated carbocycles. The number of thiophene rings is 1. The normalized spacial score (nSPS) is 18.0. The summed E-state index contributed by atoms with van der Waals surface area (Å²) in [6.07, 6.45) is 6.22. The van der Waals surface area contributed by atoms with Crippen LogP contribution < -0.4 is 5.32 Å². The molecule has 0 aliphatic carbocycles. The van der Waals surface area contributed by atoms with Gasteiger partial charge in [-0.2, -0.15) is 5.10 Å². The van der Waals surface area contributed by atoms with Crippen LogP contribution in [0.4, 0.5) is 5.69 Å². The van der Waals surface area contributed by atoms with Gasteiger partial charge in [-0.25, -0.2) is 4.79 Å². The lowest BCUT2D eigenvalue weighted by Crippen LogP contribution is -2.15. The van der Waals surface area contributed by atoms with Gasteiger partial charge in [0.25, 0.3) is 0 Å². The second-order valence-electron chi connectivity index (χ2n) is 5.05. The van der Waals surface area contributed by atoms with Gasteiger partial charge in [-0.05, 0) is 18.9 Å². The average Bonchev–Trinajstić information content (AvgIpc) is 3.18. The molecule has 2 aromatic rings. The Labute approximate surface area is 126 Å². The van der Waals surface area contributed by atoms with Crippen LogP contribution in [-0.2, 0) is 17.8 Å². The first-order valence-corrected chi connectivity index (χ1v) is 7.77. The number of carbonyl (C=O) groups is 1. The van der Waals surface area contributed by atoms with E-state index in [-0.39, 0.29) is 6.10 Å². The number of aromatic nitrogens is 2. The van der Waals surface area contributed by atoms with E-state index in [1.165, 1.54) is 11.3 Å². The van der Waals surface area contributed by atoms with Crippen LogP contribution in [0.3, 0.4) is 0 Å². The maximum atomic E-state index is 10.8. The molecule has 0 spiro atoms. The molecule has 3 heterocycles. The smallest absolute Gasteiger partial charge is 0.336 e. The van der Waals surface area contributed by atoms with Crippen LogP contribution in [0.15, 0.2) is 23.8 Å². The maximum absolute atomic E-state index is 10.8. The summed E-state index contributed by atoms with van der Waals surface area (Å²) in [5, 5.41) is 18.1. The first-order chi connectivity index (χ1) is 10.2. The van der Waals surface area contributed by atoms with E-state index in [1.807, 2.05) is 10.9 Å². The number of anilines is 1. The molecule has 2 aromatic heterocycles. The third kappa shape index (κ3) is 3.62. The zero-order valence-corrected chi connectivity index (χ0v) is 12.3. The summed E-state index contributed by atoms with van der Waals surface area (Å²) in [6.45, 7) is 2.23. The minimum absolute atomic E-state index is 0.271. The molecule has 0 amide bonds. The van der Waals surface area contributed by atoms with Crippen molar-refractivity contribution in [3.63, 3.8) is 0 Å². The Morgan fingerprint density at radius 1 is 1.62 bits per heavy atom. The Balaban J connectivity index is 1.52. The van der Waals surface area contributed by atoms with E-state index >= 15 is 0 Å². The van der Waals surface area contributed by atoms with E-state index in [1.54, 1.807) is 17.6 Å². The van der Waals surface area contributed by atoms with Crippen LogP contribution >= 0.6 is 11.3 Å². The fourth-order valence-electron chi connectivity index (χ4n) is 2.33. The molecule has 1 unspecified atom stereocenters. The molecule has 1 atom stereocenters. The predicted molar refractivity (Wildman–Crippen MR) is 79.8 cm³/mol. The van der Waals surface area contributed by atoms with E-state index in [9.17, 15) is 4.79 Å². The highest BCUT2D eigenvalue weighted by molar-refractivity contribution is 7.10. The zero-order valence-electron chi connectivity index (χ0n) is 11.5. The third-order valence-corrected chi connectivity index (χ3v) is 4.35. The van der Waals surface area contributed by atoms with Crippen LogP contribution in [0.5, 0.6) is 0 Å². The molecule has 112 valence electrons. The summed E-state index contributed by atoms with van der Waals surface area (Å²) in [6, 6.07) is 1.69. The summed E-state index contributed by atoms with van der Waals surface area (Å²) < 4.78 is 7.47. The highest BCUT2D eigenvalue weighted by Crippen LogP contribution is 2.18. The Morgan fingerprint density at radius 2 is 2.52 bits per heavy atom. The number of hydrogen-bond donors (Lipinski definition) is 2. The average molecular weight is 307 g/mol. The first-order valence-electron chi connectivity index (χ1n) is 6.89. The highest BCUT2D eigenvalue weighted by Gasteiger charge is 2.16. The summed E-state index contributed by atoms with van der Waals surface area (Å²) in [5.74, 6) is -0.887. The van der Waals surface area contributed by atoms with Crippen molar-refractivity contribution >= 4 is 23.0 Å². The van der Waals surface area contributed by atoms with E-state index < -0.39 is 5.97 Å². The van der Waals surface area contributed by atoms with Crippen LogP contribution in [0, 0.1) is 0 Å². The molecule has 3 rings (SSSR count). The fourth-order valence-corrected chi connectivity index (χ4v) is 3.12. The molecule has 6 nitrogen and oxygen atoms in total. The second kappa shape index (κ2) is 6.28. The molecule has 0 aromatic carbocycles. The number of ether oxygens (including phenoxy) is 1. The number of hydrogen-bond acceptors (Lipinski definition) is 5. The van der Waals surface area contributed by atoms with Gasteiger partial charge in [0.2, 0.25) is 0 Å². The van der Waals surface area contributed by atoms with Gasteiger partial charge in [-0.1, -0.05) is 0 Å². The van der Waals surface area contributed by atoms with E-state index in [0.717, 1.165) is 36.6 Å². The molecular weight excluding hydrogens is 290 g/mol. The van der Waals surface area contributed by atoms with Crippen LogP contribution in [0.2, 0.25) is 0 Å². The number of carboxylic acid groups (broad SMARTS) is 1. The lowest BCUT2D eigenvalue weighted by atomic mass is 10.2. The molecule has 1 aliphatic rings.